The Hall–Kier alpha value is -3.67. The number of ether oxygens (including phenoxy) is 1. The predicted octanol–water partition coefficient (Wildman–Crippen LogP) is 1.51. The van der Waals surface area contributed by atoms with E-state index in [1.54, 1.807) is 4.57 Å². The number of carbonyl (C=O) groups is 1. The molecule has 0 radical (unpaired) electrons. The number of para-hydroxylation sites is 2. The standard InChI is InChI=1S/C22H25N7O5/c30-19(14-25-9-11-27(12-10-25)20-23-16-3-1-2-4-17(16)33-20)26-7-5-22(6-8-26)15-28-13-18(29(31)32)24-21(28)34-22/h1-4,13H,5-12,14-15H2. The van der Waals surface area contributed by atoms with Crippen LogP contribution in [0.25, 0.3) is 11.1 Å². The third kappa shape index (κ3) is 3.73. The topological polar surface area (TPSA) is 123 Å². The summed E-state index contributed by atoms with van der Waals surface area (Å²) < 4.78 is 13.6. The number of aromatic nitrogens is 3. The molecule has 34 heavy (non-hydrogen) atoms. The van der Waals surface area contributed by atoms with Gasteiger partial charge in [0.2, 0.25) is 5.91 Å². The summed E-state index contributed by atoms with van der Waals surface area (Å²) in [7, 11) is 0. The van der Waals surface area contributed by atoms with E-state index in [0.29, 0.717) is 51.0 Å². The van der Waals surface area contributed by atoms with E-state index in [2.05, 4.69) is 19.8 Å². The highest BCUT2D eigenvalue weighted by atomic mass is 16.6. The second-order valence-corrected chi connectivity index (χ2v) is 9.16. The Morgan fingerprint density at radius 2 is 1.85 bits per heavy atom. The highest BCUT2D eigenvalue weighted by Gasteiger charge is 2.46. The molecule has 6 rings (SSSR count). The van der Waals surface area contributed by atoms with Crippen molar-refractivity contribution >= 4 is 28.8 Å². The first-order valence-electron chi connectivity index (χ1n) is 11.5. The SMILES string of the molecule is O=C(CN1CCN(c2nc3ccccc3o2)CC1)N1CCC2(CC1)Cn1cc([N+](=O)[O-])nc1O2. The summed E-state index contributed by atoms with van der Waals surface area (Å²) in [5, 5.41) is 10.9. The molecule has 0 N–H and O–H groups in total. The van der Waals surface area contributed by atoms with Crippen LogP contribution in [0.15, 0.2) is 34.9 Å². The molecule has 2 saturated heterocycles. The Morgan fingerprint density at radius 1 is 1.09 bits per heavy atom. The molecule has 12 heteroatoms. The van der Waals surface area contributed by atoms with Crippen molar-refractivity contribution < 1.29 is 18.9 Å². The largest absolute Gasteiger partial charge is 0.437 e. The number of oxazole rings is 1. The molecule has 12 nitrogen and oxygen atoms in total. The van der Waals surface area contributed by atoms with Crippen molar-refractivity contribution in [3.63, 3.8) is 0 Å². The summed E-state index contributed by atoms with van der Waals surface area (Å²) in [6, 6.07) is 8.66. The summed E-state index contributed by atoms with van der Waals surface area (Å²) >= 11 is 0. The Morgan fingerprint density at radius 3 is 2.56 bits per heavy atom. The molecule has 5 heterocycles. The maximum atomic E-state index is 12.9. The van der Waals surface area contributed by atoms with Gasteiger partial charge >= 0.3 is 11.8 Å². The van der Waals surface area contributed by atoms with Gasteiger partial charge in [0.15, 0.2) is 5.58 Å². The van der Waals surface area contributed by atoms with Crippen LogP contribution in [0.4, 0.5) is 11.8 Å². The quantitative estimate of drug-likeness (QED) is 0.415. The molecule has 178 valence electrons. The molecule has 2 aromatic heterocycles. The lowest BCUT2D eigenvalue weighted by molar-refractivity contribution is -0.389. The maximum absolute atomic E-state index is 12.9. The number of carbonyl (C=O) groups excluding carboxylic acids is 1. The highest BCUT2D eigenvalue weighted by Crippen LogP contribution is 2.37. The van der Waals surface area contributed by atoms with Crippen molar-refractivity contribution in [2.45, 2.75) is 25.0 Å². The minimum atomic E-state index is -0.518. The fourth-order valence-corrected chi connectivity index (χ4v) is 5.01. The number of hydrogen-bond donors (Lipinski definition) is 0. The van der Waals surface area contributed by atoms with Gasteiger partial charge < -0.3 is 29.1 Å². The van der Waals surface area contributed by atoms with E-state index in [1.165, 1.54) is 6.20 Å². The summed E-state index contributed by atoms with van der Waals surface area (Å²) in [6.07, 6.45) is 2.78. The van der Waals surface area contributed by atoms with Gasteiger partial charge in [0, 0.05) is 57.1 Å². The van der Waals surface area contributed by atoms with E-state index >= 15 is 0 Å². The number of hydrogen-bond acceptors (Lipinski definition) is 9. The summed E-state index contributed by atoms with van der Waals surface area (Å²) in [5.41, 5.74) is 1.20. The summed E-state index contributed by atoms with van der Waals surface area (Å²) in [6.45, 7) is 5.19. The molecule has 3 aliphatic heterocycles. The van der Waals surface area contributed by atoms with Crippen LogP contribution < -0.4 is 9.64 Å². The zero-order chi connectivity index (χ0) is 23.3. The molecule has 0 saturated carbocycles. The van der Waals surface area contributed by atoms with Crippen LogP contribution in [0.5, 0.6) is 6.01 Å². The zero-order valence-corrected chi connectivity index (χ0v) is 18.6. The van der Waals surface area contributed by atoms with Crippen LogP contribution in [0, 0.1) is 10.1 Å². The number of fused-ring (bicyclic) bond motifs is 2. The Balaban J connectivity index is 0.989. The first-order chi connectivity index (χ1) is 16.5. The Bertz CT molecular complexity index is 1180. The van der Waals surface area contributed by atoms with Gasteiger partial charge in [-0.2, -0.15) is 4.98 Å². The van der Waals surface area contributed by atoms with E-state index < -0.39 is 10.5 Å². The fourth-order valence-electron chi connectivity index (χ4n) is 5.01. The average molecular weight is 467 g/mol. The van der Waals surface area contributed by atoms with Gasteiger partial charge in [-0.3, -0.25) is 14.3 Å². The molecule has 0 atom stereocenters. The smallest absolute Gasteiger partial charge is 0.415 e. The predicted molar refractivity (Wildman–Crippen MR) is 121 cm³/mol. The molecule has 1 amide bonds. The van der Waals surface area contributed by atoms with E-state index in [4.69, 9.17) is 9.15 Å². The number of nitrogens with zero attached hydrogens (tertiary/aromatic N) is 7. The van der Waals surface area contributed by atoms with E-state index in [1.807, 2.05) is 29.2 Å². The van der Waals surface area contributed by atoms with Crippen molar-refractivity contribution in [2.24, 2.45) is 0 Å². The van der Waals surface area contributed by atoms with Gasteiger partial charge in [0.05, 0.1) is 13.1 Å². The van der Waals surface area contributed by atoms with Gasteiger partial charge in [0.1, 0.15) is 17.3 Å². The fraction of sp³-hybridized carbons (Fsp3) is 0.500. The lowest BCUT2D eigenvalue weighted by Crippen LogP contribution is -2.53. The second-order valence-electron chi connectivity index (χ2n) is 9.16. The van der Waals surface area contributed by atoms with Crippen LogP contribution in [0.1, 0.15) is 12.8 Å². The molecule has 1 aromatic carbocycles. The minimum absolute atomic E-state index is 0.122. The summed E-state index contributed by atoms with van der Waals surface area (Å²) in [5.74, 6) is -0.0785. The number of benzene rings is 1. The number of piperidine rings is 1. The second kappa shape index (κ2) is 7.97. The molecule has 0 unspecified atom stereocenters. The molecular weight excluding hydrogens is 442 g/mol. The monoisotopic (exact) mass is 467 g/mol. The number of likely N-dealkylation sites (tertiary alicyclic amines) is 1. The first-order valence-corrected chi connectivity index (χ1v) is 11.5. The molecule has 1 spiro atoms. The molecule has 3 aliphatic rings. The van der Waals surface area contributed by atoms with Gasteiger partial charge in [0.25, 0.3) is 6.01 Å². The number of imidazole rings is 1. The average Bonchev–Trinajstić information content (AvgIpc) is 3.52. The Kier molecular flexibility index (Phi) is 4.90. The van der Waals surface area contributed by atoms with Gasteiger partial charge in [-0.05, 0) is 17.1 Å². The van der Waals surface area contributed by atoms with Crippen LogP contribution in [0.2, 0.25) is 0 Å². The van der Waals surface area contributed by atoms with Crippen molar-refractivity contribution in [1.29, 1.82) is 0 Å². The lowest BCUT2D eigenvalue weighted by atomic mass is 9.91. The number of nitro groups is 1. The maximum Gasteiger partial charge on any atom is 0.415 e. The highest BCUT2D eigenvalue weighted by molar-refractivity contribution is 5.78. The van der Waals surface area contributed by atoms with Crippen molar-refractivity contribution in [2.75, 3.05) is 50.7 Å². The summed E-state index contributed by atoms with van der Waals surface area (Å²) in [4.78, 5) is 38.0. The lowest BCUT2D eigenvalue weighted by Gasteiger charge is -2.39. The third-order valence-corrected chi connectivity index (χ3v) is 6.99. The normalized spacial score (nSPS) is 20.0. The number of anilines is 1. The molecule has 2 fully saturated rings. The Labute approximate surface area is 194 Å². The molecule has 0 bridgehead atoms. The van der Waals surface area contributed by atoms with Crippen molar-refractivity contribution in [3.8, 4) is 6.01 Å². The van der Waals surface area contributed by atoms with Crippen molar-refractivity contribution in [1.82, 2.24) is 24.3 Å². The van der Waals surface area contributed by atoms with E-state index in [9.17, 15) is 14.9 Å². The van der Waals surface area contributed by atoms with Crippen LogP contribution in [-0.4, -0.2) is 86.6 Å². The van der Waals surface area contributed by atoms with E-state index in [-0.39, 0.29) is 11.7 Å². The number of piperazine rings is 1. The first kappa shape index (κ1) is 20.9. The van der Waals surface area contributed by atoms with E-state index in [0.717, 1.165) is 37.3 Å². The molecule has 0 aliphatic carbocycles. The third-order valence-electron chi connectivity index (χ3n) is 6.99. The zero-order valence-electron chi connectivity index (χ0n) is 18.6. The molecular formula is C22H25N7O5. The number of rotatable bonds is 4. The van der Waals surface area contributed by atoms with Crippen molar-refractivity contribution in [3.05, 3.63) is 40.6 Å². The van der Waals surface area contributed by atoms with Crippen LogP contribution in [0.3, 0.4) is 0 Å². The minimum Gasteiger partial charge on any atom is -0.437 e. The van der Waals surface area contributed by atoms with Gasteiger partial charge in [-0.1, -0.05) is 12.1 Å². The van der Waals surface area contributed by atoms with Gasteiger partial charge in [-0.25, -0.2) is 0 Å². The van der Waals surface area contributed by atoms with Crippen LogP contribution in [-0.2, 0) is 11.3 Å². The molecule has 3 aromatic rings. The van der Waals surface area contributed by atoms with Gasteiger partial charge in [-0.15, -0.1) is 0 Å². The number of amides is 1. The van der Waals surface area contributed by atoms with Crippen LogP contribution >= 0.6 is 0 Å².